The molecule has 0 aliphatic heterocycles. The van der Waals surface area contributed by atoms with E-state index in [1.807, 2.05) is 49.4 Å². The van der Waals surface area contributed by atoms with E-state index in [1.54, 1.807) is 19.3 Å². The van der Waals surface area contributed by atoms with Crippen molar-refractivity contribution in [3.05, 3.63) is 71.3 Å². The molecule has 0 saturated carbocycles. The summed E-state index contributed by atoms with van der Waals surface area (Å²) in [5.41, 5.74) is 10.2. The topological polar surface area (TPSA) is 90.9 Å². The van der Waals surface area contributed by atoms with Gasteiger partial charge in [-0.2, -0.15) is 0 Å². The minimum Gasteiger partial charge on any atom is -0.710 e. The van der Waals surface area contributed by atoms with E-state index in [2.05, 4.69) is 9.97 Å². The number of ether oxygens (including phenoxy) is 1. The molecule has 0 aliphatic rings. The number of anilines is 1. The zero-order valence-electron chi connectivity index (χ0n) is 14.5. The zero-order chi connectivity index (χ0) is 18.3. The average Bonchev–Trinajstić information content (AvgIpc) is 3.10. The quantitative estimate of drug-likeness (QED) is 0.435. The van der Waals surface area contributed by atoms with Crippen LogP contribution in [0.3, 0.4) is 0 Å². The number of pyridine rings is 2. The fraction of sp³-hybridized carbons (Fsp3) is 0.100. The molecule has 3 aromatic heterocycles. The van der Waals surface area contributed by atoms with Crippen molar-refractivity contribution < 1.29 is 9.47 Å². The molecule has 0 bridgehead atoms. The minimum absolute atomic E-state index is 0.440. The molecule has 0 radical (unpaired) electrons. The van der Waals surface area contributed by atoms with Crippen molar-refractivity contribution in [2.24, 2.45) is 0 Å². The maximum atomic E-state index is 12.3. The van der Waals surface area contributed by atoms with Gasteiger partial charge in [0.05, 0.1) is 23.5 Å². The smallest absolute Gasteiger partial charge is 0.290 e. The minimum atomic E-state index is 0.440. The van der Waals surface area contributed by atoms with E-state index in [0.29, 0.717) is 28.7 Å². The molecule has 26 heavy (non-hydrogen) atoms. The number of rotatable bonds is 3. The van der Waals surface area contributed by atoms with Gasteiger partial charge in [-0.05, 0) is 49.7 Å². The van der Waals surface area contributed by atoms with Crippen LogP contribution >= 0.6 is 0 Å². The van der Waals surface area contributed by atoms with Gasteiger partial charge in [-0.3, -0.25) is 0 Å². The molecule has 3 N–H and O–H groups in total. The Morgan fingerprint density at radius 3 is 2.77 bits per heavy atom. The van der Waals surface area contributed by atoms with Crippen molar-refractivity contribution in [3.63, 3.8) is 0 Å². The number of aryl methyl sites for hydroxylation is 2. The molecule has 0 saturated heterocycles. The van der Waals surface area contributed by atoms with Gasteiger partial charge in [0.25, 0.3) is 5.65 Å². The summed E-state index contributed by atoms with van der Waals surface area (Å²) in [6.07, 6.45) is 3.30. The Morgan fingerprint density at radius 2 is 1.96 bits per heavy atom. The highest BCUT2D eigenvalue weighted by molar-refractivity contribution is 5.93. The highest BCUT2D eigenvalue weighted by Crippen LogP contribution is 2.36. The predicted molar refractivity (Wildman–Crippen MR) is 101 cm³/mol. The highest BCUT2D eigenvalue weighted by Gasteiger charge is 2.18. The van der Waals surface area contributed by atoms with Crippen molar-refractivity contribution in [3.8, 4) is 22.8 Å². The molecule has 3 heterocycles. The van der Waals surface area contributed by atoms with Crippen molar-refractivity contribution in [2.45, 2.75) is 13.8 Å². The second-order valence-corrected chi connectivity index (χ2v) is 6.27. The summed E-state index contributed by atoms with van der Waals surface area (Å²) in [6.45, 7) is 3.76. The molecule has 0 aliphatic carbocycles. The molecule has 0 unspecified atom stereocenters. The average molecular weight is 346 g/mol. The molecular weight excluding hydrogens is 328 g/mol. The van der Waals surface area contributed by atoms with Gasteiger partial charge >= 0.3 is 0 Å². The van der Waals surface area contributed by atoms with Crippen molar-refractivity contribution in [2.75, 3.05) is 5.73 Å². The molecule has 0 fully saturated rings. The van der Waals surface area contributed by atoms with Crippen LogP contribution < -0.4 is 15.2 Å². The first-order valence-corrected chi connectivity index (χ1v) is 8.23. The van der Waals surface area contributed by atoms with Crippen LogP contribution in [-0.2, 0) is 0 Å². The fourth-order valence-corrected chi connectivity index (χ4v) is 3.02. The number of hydrogen-bond donors (Lipinski definition) is 2. The number of benzene rings is 1. The summed E-state index contributed by atoms with van der Waals surface area (Å²) < 4.78 is 6.91. The lowest BCUT2D eigenvalue weighted by Crippen LogP contribution is -2.31. The number of fused-ring (bicyclic) bond motifs is 1. The molecule has 0 atom stereocenters. The molecule has 130 valence electrons. The molecule has 1 aromatic carbocycles. The number of H-pyrrole nitrogens is 1. The maximum Gasteiger partial charge on any atom is 0.290 e. The summed E-state index contributed by atoms with van der Waals surface area (Å²) in [4.78, 5) is 7.37. The number of hydrogen-bond acceptors (Lipinski definition) is 4. The van der Waals surface area contributed by atoms with Gasteiger partial charge < -0.3 is 15.7 Å². The molecule has 4 rings (SSSR count). The number of nitrogen functional groups attached to an aromatic ring is 1. The number of nitrogens with one attached hydrogen (secondary N) is 1. The normalized spacial score (nSPS) is 11.0. The van der Waals surface area contributed by atoms with Crippen LogP contribution in [0.1, 0.15) is 11.3 Å². The van der Waals surface area contributed by atoms with Gasteiger partial charge in [-0.1, -0.05) is 12.1 Å². The third kappa shape index (κ3) is 2.71. The Labute approximate surface area is 150 Å². The number of nitrogens with zero attached hydrogens (tertiary/aromatic N) is 2. The van der Waals surface area contributed by atoms with Crippen molar-refractivity contribution >= 4 is 16.7 Å². The Kier molecular flexibility index (Phi) is 3.73. The van der Waals surface area contributed by atoms with Crippen molar-refractivity contribution in [1.82, 2.24) is 9.97 Å². The van der Waals surface area contributed by atoms with Crippen LogP contribution in [-0.4, -0.2) is 9.97 Å². The molecule has 6 nitrogen and oxygen atoms in total. The van der Waals surface area contributed by atoms with E-state index < -0.39 is 0 Å². The second-order valence-electron chi connectivity index (χ2n) is 6.27. The van der Waals surface area contributed by atoms with Crippen LogP contribution in [0.2, 0.25) is 0 Å². The predicted octanol–water partition coefficient (Wildman–Crippen LogP) is 3.85. The Hall–Kier alpha value is -3.54. The van der Waals surface area contributed by atoms with Crippen LogP contribution in [0.25, 0.3) is 22.2 Å². The van der Waals surface area contributed by atoms with Crippen LogP contribution in [0.4, 0.5) is 5.69 Å². The third-order valence-corrected chi connectivity index (χ3v) is 4.26. The summed E-state index contributed by atoms with van der Waals surface area (Å²) in [5, 5.41) is 13.1. The van der Waals surface area contributed by atoms with Gasteiger partial charge in [0.15, 0.2) is 0 Å². The number of aromatic amines is 1. The van der Waals surface area contributed by atoms with Crippen molar-refractivity contribution in [1.29, 1.82) is 0 Å². The van der Waals surface area contributed by atoms with E-state index in [1.165, 1.54) is 0 Å². The first kappa shape index (κ1) is 16.0. The van der Waals surface area contributed by atoms with Gasteiger partial charge in [0.2, 0.25) is 5.88 Å². The second kappa shape index (κ2) is 6.07. The zero-order valence-corrected chi connectivity index (χ0v) is 14.5. The molecule has 4 aromatic rings. The fourth-order valence-electron chi connectivity index (χ4n) is 3.02. The first-order valence-electron chi connectivity index (χ1n) is 8.23. The van der Waals surface area contributed by atoms with Gasteiger partial charge in [-0.15, -0.1) is 0 Å². The van der Waals surface area contributed by atoms with E-state index in [9.17, 15) is 5.21 Å². The van der Waals surface area contributed by atoms with E-state index in [4.69, 9.17) is 10.5 Å². The summed E-state index contributed by atoms with van der Waals surface area (Å²) >= 11 is 0. The monoisotopic (exact) mass is 346 g/mol. The molecule has 0 spiro atoms. The lowest BCUT2D eigenvalue weighted by Gasteiger charge is -2.14. The molecule has 0 amide bonds. The summed E-state index contributed by atoms with van der Waals surface area (Å²) in [6, 6.07) is 13.2. The number of aromatic nitrogens is 3. The SMILES string of the molecule is Cc1cccc(Oc2ncc(N)cc2-c2cc(C)[n+]([O-])c3[nH]ccc23)c1. The van der Waals surface area contributed by atoms with Gasteiger partial charge in [0, 0.05) is 11.1 Å². The largest absolute Gasteiger partial charge is 0.710 e. The van der Waals surface area contributed by atoms with Crippen LogP contribution in [0.5, 0.6) is 11.6 Å². The lowest BCUT2D eigenvalue weighted by atomic mass is 10.0. The maximum absolute atomic E-state index is 12.3. The van der Waals surface area contributed by atoms with E-state index in [0.717, 1.165) is 26.8 Å². The highest BCUT2D eigenvalue weighted by atomic mass is 16.5. The summed E-state index contributed by atoms with van der Waals surface area (Å²) in [5.74, 6) is 1.13. The molecule has 6 heteroatoms. The Bertz CT molecular complexity index is 1120. The standard InChI is InChI=1S/C20H18N4O2/c1-12-4-3-5-15(8-12)26-20-18(10-14(21)11-23-20)17-9-13(2)24(25)19-16(17)6-7-22-19/h3-11,22H,21H2,1-2H3. The lowest BCUT2D eigenvalue weighted by molar-refractivity contribution is -0.586. The Morgan fingerprint density at radius 1 is 1.12 bits per heavy atom. The third-order valence-electron chi connectivity index (χ3n) is 4.26. The summed E-state index contributed by atoms with van der Waals surface area (Å²) in [7, 11) is 0. The van der Waals surface area contributed by atoms with Gasteiger partial charge in [-0.25, -0.2) is 14.7 Å². The van der Waals surface area contributed by atoms with Crippen LogP contribution in [0.15, 0.2) is 54.9 Å². The first-order chi connectivity index (χ1) is 12.5. The van der Waals surface area contributed by atoms with E-state index in [-0.39, 0.29) is 0 Å². The van der Waals surface area contributed by atoms with Gasteiger partial charge in [0.1, 0.15) is 11.4 Å². The van der Waals surface area contributed by atoms with E-state index >= 15 is 0 Å². The number of nitrogens with two attached hydrogens (primary N) is 1. The molecular formula is C20H18N4O2. The van der Waals surface area contributed by atoms with Crippen LogP contribution in [0, 0.1) is 19.1 Å². The Balaban J connectivity index is 1.91.